The number of carbonyl (C=O) groups is 1. The third-order valence-electron chi connectivity index (χ3n) is 3.48. The summed E-state index contributed by atoms with van der Waals surface area (Å²) in [6.07, 6.45) is 3.19. The van der Waals surface area contributed by atoms with E-state index in [0.29, 0.717) is 5.92 Å². The van der Waals surface area contributed by atoms with Gasteiger partial charge in [-0.15, -0.1) is 11.3 Å². The molecule has 2 heterocycles. The summed E-state index contributed by atoms with van der Waals surface area (Å²) in [7, 11) is 0. The number of nitrogens with zero attached hydrogens (tertiary/aromatic N) is 1. The highest BCUT2D eigenvalue weighted by atomic mass is 32.1. The Bertz CT molecular complexity index is 364. The van der Waals surface area contributed by atoms with Crippen molar-refractivity contribution in [1.29, 1.82) is 0 Å². The molecule has 1 aliphatic heterocycles. The first kappa shape index (κ1) is 12.6. The molecular weight excluding hydrogens is 232 g/mol. The number of hydrogen-bond acceptors (Lipinski definition) is 3. The molecule has 0 radical (unpaired) electrons. The summed E-state index contributed by atoms with van der Waals surface area (Å²) in [4.78, 5) is 15.1. The van der Waals surface area contributed by atoms with Crippen molar-refractivity contribution in [2.24, 2.45) is 5.73 Å². The Kier molecular flexibility index (Phi) is 4.18. The van der Waals surface area contributed by atoms with Crippen molar-refractivity contribution in [2.75, 3.05) is 13.1 Å². The largest absolute Gasteiger partial charge is 0.368 e. The lowest BCUT2D eigenvalue weighted by Crippen LogP contribution is -2.40. The molecule has 1 aromatic rings. The number of amides is 1. The highest BCUT2D eigenvalue weighted by molar-refractivity contribution is 7.10. The lowest BCUT2D eigenvalue weighted by molar-refractivity contribution is -0.122. The number of carbonyl (C=O) groups excluding carboxylic acids is 1. The predicted octanol–water partition coefficient (Wildman–Crippen LogP) is 2.19. The Morgan fingerprint density at radius 3 is 3.06 bits per heavy atom. The molecule has 4 heteroatoms. The van der Waals surface area contributed by atoms with Gasteiger partial charge in [0.25, 0.3) is 0 Å². The molecule has 94 valence electrons. The Morgan fingerprint density at radius 2 is 2.47 bits per heavy atom. The average Bonchev–Trinajstić information content (AvgIpc) is 2.94. The molecule has 2 atom stereocenters. The molecule has 0 saturated carbocycles. The van der Waals surface area contributed by atoms with Crippen LogP contribution in [0.4, 0.5) is 0 Å². The molecule has 1 amide bonds. The molecule has 0 bridgehead atoms. The third kappa shape index (κ3) is 2.87. The monoisotopic (exact) mass is 252 g/mol. The zero-order chi connectivity index (χ0) is 12.3. The first-order valence-electron chi connectivity index (χ1n) is 6.29. The van der Waals surface area contributed by atoms with Crippen LogP contribution < -0.4 is 5.73 Å². The third-order valence-corrected chi connectivity index (χ3v) is 4.51. The van der Waals surface area contributed by atoms with Gasteiger partial charge in [0.15, 0.2) is 0 Å². The van der Waals surface area contributed by atoms with Crippen LogP contribution in [0.2, 0.25) is 0 Å². The van der Waals surface area contributed by atoms with Gasteiger partial charge in [0, 0.05) is 17.3 Å². The van der Waals surface area contributed by atoms with E-state index < -0.39 is 0 Å². The number of unbranched alkanes of at least 4 members (excludes halogenated alkanes) is 1. The van der Waals surface area contributed by atoms with Gasteiger partial charge in [-0.1, -0.05) is 19.4 Å². The van der Waals surface area contributed by atoms with Gasteiger partial charge in [-0.3, -0.25) is 9.69 Å². The zero-order valence-electron chi connectivity index (χ0n) is 10.3. The number of nitrogens with two attached hydrogens (primary N) is 1. The minimum absolute atomic E-state index is 0.0614. The van der Waals surface area contributed by atoms with E-state index in [-0.39, 0.29) is 11.9 Å². The second-order valence-corrected chi connectivity index (χ2v) is 5.69. The van der Waals surface area contributed by atoms with Crippen LogP contribution in [0.1, 0.15) is 37.0 Å². The van der Waals surface area contributed by atoms with Gasteiger partial charge in [0.1, 0.15) is 0 Å². The van der Waals surface area contributed by atoms with Gasteiger partial charge in [0.05, 0.1) is 6.04 Å². The fourth-order valence-electron chi connectivity index (χ4n) is 2.54. The summed E-state index contributed by atoms with van der Waals surface area (Å²) in [6.45, 7) is 4.15. The van der Waals surface area contributed by atoms with Crippen LogP contribution in [0.15, 0.2) is 17.5 Å². The highest BCUT2D eigenvalue weighted by Crippen LogP contribution is 2.34. The second-order valence-electron chi connectivity index (χ2n) is 4.71. The van der Waals surface area contributed by atoms with E-state index in [1.165, 1.54) is 4.88 Å². The van der Waals surface area contributed by atoms with E-state index >= 15 is 0 Å². The maximum absolute atomic E-state index is 11.5. The van der Waals surface area contributed by atoms with Gasteiger partial charge in [-0.25, -0.2) is 0 Å². The molecular formula is C13H20N2OS. The van der Waals surface area contributed by atoms with Crippen LogP contribution >= 0.6 is 11.3 Å². The van der Waals surface area contributed by atoms with Crippen LogP contribution in [0.3, 0.4) is 0 Å². The van der Waals surface area contributed by atoms with Gasteiger partial charge in [-0.05, 0) is 30.8 Å². The van der Waals surface area contributed by atoms with Gasteiger partial charge >= 0.3 is 0 Å². The molecule has 1 unspecified atom stereocenters. The number of thiophene rings is 1. The molecule has 3 nitrogen and oxygen atoms in total. The van der Waals surface area contributed by atoms with E-state index in [0.717, 1.165) is 32.4 Å². The Hall–Kier alpha value is -0.870. The average molecular weight is 252 g/mol. The fourth-order valence-corrected chi connectivity index (χ4v) is 3.37. The van der Waals surface area contributed by atoms with Crippen molar-refractivity contribution in [3.8, 4) is 0 Å². The zero-order valence-corrected chi connectivity index (χ0v) is 11.1. The Morgan fingerprint density at radius 1 is 1.65 bits per heavy atom. The van der Waals surface area contributed by atoms with E-state index in [1.807, 2.05) is 0 Å². The molecule has 0 spiro atoms. The van der Waals surface area contributed by atoms with Crippen molar-refractivity contribution >= 4 is 17.2 Å². The molecule has 2 rings (SSSR count). The quantitative estimate of drug-likeness (QED) is 0.873. The van der Waals surface area contributed by atoms with Gasteiger partial charge in [0.2, 0.25) is 5.91 Å². The van der Waals surface area contributed by atoms with Crippen molar-refractivity contribution in [3.63, 3.8) is 0 Å². The standard InChI is InChI=1S/C13H20N2OS/c1-2-3-6-15-9-10(8-11(15)13(14)16)12-5-4-7-17-12/h4-5,7,10-11H,2-3,6,8-9H2,1H3,(H2,14,16)/t10?,11-/m0/s1. The van der Waals surface area contributed by atoms with E-state index in [4.69, 9.17) is 5.73 Å². The first-order chi connectivity index (χ1) is 8.22. The summed E-state index contributed by atoms with van der Waals surface area (Å²) < 4.78 is 0. The van der Waals surface area contributed by atoms with Crippen molar-refractivity contribution < 1.29 is 4.79 Å². The minimum atomic E-state index is -0.167. The maximum atomic E-state index is 11.5. The topological polar surface area (TPSA) is 46.3 Å². The number of hydrogen-bond donors (Lipinski definition) is 1. The van der Waals surface area contributed by atoms with E-state index in [1.54, 1.807) is 11.3 Å². The van der Waals surface area contributed by atoms with E-state index in [9.17, 15) is 4.79 Å². The smallest absolute Gasteiger partial charge is 0.234 e. The van der Waals surface area contributed by atoms with Crippen LogP contribution in [-0.2, 0) is 4.79 Å². The molecule has 2 N–H and O–H groups in total. The number of likely N-dealkylation sites (tertiary alicyclic amines) is 1. The van der Waals surface area contributed by atoms with Crippen molar-refractivity contribution in [3.05, 3.63) is 22.4 Å². The minimum Gasteiger partial charge on any atom is -0.368 e. The van der Waals surface area contributed by atoms with Crippen molar-refractivity contribution in [1.82, 2.24) is 4.90 Å². The molecule has 1 fully saturated rings. The van der Waals surface area contributed by atoms with E-state index in [2.05, 4.69) is 29.3 Å². The molecule has 17 heavy (non-hydrogen) atoms. The Labute approximate surface area is 107 Å². The molecule has 0 aromatic carbocycles. The molecule has 1 saturated heterocycles. The van der Waals surface area contributed by atoms with Gasteiger partial charge < -0.3 is 5.73 Å². The summed E-state index contributed by atoms with van der Waals surface area (Å²) in [5, 5.41) is 2.10. The molecule has 1 aliphatic rings. The van der Waals surface area contributed by atoms with Crippen LogP contribution in [-0.4, -0.2) is 29.9 Å². The van der Waals surface area contributed by atoms with Gasteiger partial charge in [-0.2, -0.15) is 0 Å². The van der Waals surface area contributed by atoms with Crippen LogP contribution in [0, 0.1) is 0 Å². The van der Waals surface area contributed by atoms with Crippen LogP contribution in [0.5, 0.6) is 0 Å². The second kappa shape index (κ2) is 5.65. The van der Waals surface area contributed by atoms with Crippen LogP contribution in [0.25, 0.3) is 0 Å². The summed E-state index contributed by atoms with van der Waals surface area (Å²) in [6, 6.07) is 4.18. The predicted molar refractivity (Wildman–Crippen MR) is 71.1 cm³/mol. The normalized spacial score (nSPS) is 25.2. The number of primary amides is 1. The lowest BCUT2D eigenvalue weighted by atomic mass is 10.0. The Balaban J connectivity index is 2.03. The molecule has 0 aliphatic carbocycles. The molecule has 1 aromatic heterocycles. The highest BCUT2D eigenvalue weighted by Gasteiger charge is 2.36. The fraction of sp³-hybridized carbons (Fsp3) is 0.615. The lowest BCUT2D eigenvalue weighted by Gasteiger charge is -2.21. The van der Waals surface area contributed by atoms with Crippen molar-refractivity contribution in [2.45, 2.75) is 38.1 Å². The summed E-state index contributed by atoms with van der Waals surface area (Å²) in [5.41, 5.74) is 5.50. The summed E-state index contributed by atoms with van der Waals surface area (Å²) in [5.74, 6) is 0.324. The maximum Gasteiger partial charge on any atom is 0.234 e. The summed E-state index contributed by atoms with van der Waals surface area (Å²) >= 11 is 1.78. The SMILES string of the molecule is CCCCN1CC(c2cccs2)C[C@H]1C(N)=O. The number of rotatable bonds is 5. The first-order valence-corrected chi connectivity index (χ1v) is 7.17.